The predicted octanol–water partition coefficient (Wildman–Crippen LogP) is -7.52. The number of likely N-dealkylation sites (N-methyl/N-ethyl adjacent to an activating group) is 1. The van der Waals surface area contributed by atoms with Gasteiger partial charge in [-0.1, -0.05) is 0 Å². The maximum atomic E-state index is 12.4. The lowest BCUT2D eigenvalue weighted by Crippen LogP contribution is -2.70. The van der Waals surface area contributed by atoms with E-state index in [1.807, 2.05) is 0 Å². The Balaban J connectivity index is 1.84. The van der Waals surface area contributed by atoms with E-state index in [0.717, 1.165) is 0 Å². The molecule has 228 valence electrons. The minimum atomic E-state index is -1.72. The van der Waals surface area contributed by atoms with Crippen molar-refractivity contribution in [3.05, 3.63) is 0 Å². The molecule has 39 heavy (non-hydrogen) atoms. The second-order valence-electron chi connectivity index (χ2n) is 10.5. The van der Waals surface area contributed by atoms with Crippen molar-refractivity contribution >= 4 is 5.91 Å². The molecule has 1 aliphatic carbocycles. The molecule has 3 rings (SSSR count). The predicted molar refractivity (Wildman–Crippen MR) is 130 cm³/mol. The van der Waals surface area contributed by atoms with Crippen LogP contribution >= 0.6 is 0 Å². The van der Waals surface area contributed by atoms with Gasteiger partial charge in [-0.3, -0.25) is 4.79 Å². The topological polar surface area (TPSA) is 298 Å². The highest BCUT2D eigenvalue weighted by Gasteiger charge is 2.53. The fourth-order valence-corrected chi connectivity index (χ4v) is 5.22. The number of carbonyl (C=O) groups is 1. The van der Waals surface area contributed by atoms with Crippen LogP contribution in [0.15, 0.2) is 0 Å². The van der Waals surface area contributed by atoms with Crippen LogP contribution in [0.3, 0.4) is 0 Å². The van der Waals surface area contributed by atoms with Crippen molar-refractivity contribution < 1.29 is 59.5 Å². The van der Waals surface area contributed by atoms with Crippen LogP contribution in [0.25, 0.3) is 0 Å². The van der Waals surface area contributed by atoms with Gasteiger partial charge < -0.3 is 82.5 Å². The summed E-state index contributed by atoms with van der Waals surface area (Å²) in [4.78, 5) is 12.4. The molecule has 0 bridgehead atoms. The average Bonchev–Trinajstić information content (AvgIpc) is 2.89. The fraction of sp³-hybridized carbons (Fsp3) is 0.955. The van der Waals surface area contributed by atoms with E-state index in [-0.39, 0.29) is 26.1 Å². The first-order valence-corrected chi connectivity index (χ1v) is 12.8. The molecule has 0 aromatic carbocycles. The molecule has 0 radical (unpaired) electrons. The normalized spacial score (nSPS) is 47.9. The van der Waals surface area contributed by atoms with Crippen LogP contribution in [0.1, 0.15) is 13.3 Å². The summed E-state index contributed by atoms with van der Waals surface area (Å²) in [6, 6.07) is -2.92. The summed E-state index contributed by atoms with van der Waals surface area (Å²) in [5.74, 6) is -0.857. The molecule has 14 unspecified atom stereocenters. The number of carbonyl (C=O) groups excluding carboxylic acids is 1. The second kappa shape index (κ2) is 13.2. The number of ether oxygens (including phenoxy) is 4. The van der Waals surface area contributed by atoms with Gasteiger partial charge in [0.15, 0.2) is 12.6 Å². The van der Waals surface area contributed by atoms with Gasteiger partial charge in [0.05, 0.1) is 18.7 Å². The van der Waals surface area contributed by atoms with Gasteiger partial charge in [0.1, 0.15) is 60.5 Å². The van der Waals surface area contributed by atoms with E-state index in [2.05, 4.69) is 10.6 Å². The summed E-state index contributed by atoms with van der Waals surface area (Å²) in [7, 11) is 1.52. The highest BCUT2D eigenvalue weighted by atomic mass is 16.7. The largest absolute Gasteiger partial charge is 0.388 e. The molecular weight excluding hydrogens is 526 g/mol. The molecule has 2 saturated heterocycles. The number of hydrogen-bond donors (Lipinski definition) is 12. The minimum absolute atomic E-state index is 0.0836. The third-order valence-electron chi connectivity index (χ3n) is 7.50. The molecule has 2 heterocycles. The lowest BCUT2D eigenvalue weighted by molar-refractivity contribution is -0.330. The highest BCUT2D eigenvalue weighted by molar-refractivity contribution is 5.81. The average molecular weight is 570 g/mol. The van der Waals surface area contributed by atoms with Crippen molar-refractivity contribution in [1.29, 1.82) is 0 Å². The van der Waals surface area contributed by atoms with Gasteiger partial charge in [-0.05, 0) is 20.4 Å². The Bertz CT molecular complexity index is 811. The molecule has 2 aliphatic heterocycles. The van der Waals surface area contributed by atoms with Gasteiger partial charge in [0.2, 0.25) is 5.91 Å². The Kier molecular flexibility index (Phi) is 11.0. The molecule has 1 saturated carbocycles. The molecule has 15 N–H and O–H groups in total. The summed E-state index contributed by atoms with van der Waals surface area (Å²) in [5, 5.41) is 78.5. The lowest BCUT2D eigenvalue weighted by Gasteiger charge is -2.49. The first-order valence-electron chi connectivity index (χ1n) is 12.8. The van der Waals surface area contributed by atoms with E-state index in [9.17, 15) is 40.5 Å². The van der Waals surface area contributed by atoms with E-state index < -0.39 is 97.1 Å². The monoisotopic (exact) mass is 569 g/mol. The smallest absolute Gasteiger partial charge is 0.250 e. The van der Waals surface area contributed by atoms with Gasteiger partial charge in [0, 0.05) is 19.1 Å². The van der Waals surface area contributed by atoms with Gasteiger partial charge in [-0.15, -0.1) is 0 Å². The standard InChI is InChI=1S/C22H43N5O12/c1-22(35)6-36-20(15(33)18(22)26-2)39-17-8(27-19(34)9(28)4-23)3-7(25)16(14(17)32)38-21-13(31)12(30)11(29)10(5-24)37-21/h7-18,20-21,26,28-33,35H,3-6,23-25H2,1-2H3,(H,27,34)/t7?,8?,9-,10?,11?,12?,13?,14?,15?,16?,17?,18?,20?,21?,22?/m0/s1. The lowest BCUT2D eigenvalue weighted by atomic mass is 9.83. The molecule has 17 nitrogen and oxygen atoms in total. The number of hydrogen-bond acceptors (Lipinski definition) is 16. The zero-order chi connectivity index (χ0) is 29.2. The van der Waals surface area contributed by atoms with E-state index in [4.69, 9.17) is 36.1 Å². The van der Waals surface area contributed by atoms with Gasteiger partial charge >= 0.3 is 0 Å². The molecule has 0 spiro atoms. The first kappa shape index (κ1) is 32.4. The van der Waals surface area contributed by atoms with Crippen LogP contribution in [0.4, 0.5) is 0 Å². The highest BCUT2D eigenvalue weighted by Crippen LogP contribution is 2.32. The van der Waals surface area contributed by atoms with Gasteiger partial charge in [-0.25, -0.2) is 0 Å². The number of nitrogens with two attached hydrogens (primary N) is 3. The van der Waals surface area contributed by atoms with E-state index in [0.29, 0.717) is 0 Å². The van der Waals surface area contributed by atoms with Crippen molar-refractivity contribution in [3.63, 3.8) is 0 Å². The molecule has 17 heteroatoms. The van der Waals surface area contributed by atoms with Crippen LogP contribution in [-0.2, 0) is 23.7 Å². The molecule has 3 fully saturated rings. The van der Waals surface area contributed by atoms with Crippen molar-refractivity contribution in [3.8, 4) is 0 Å². The summed E-state index contributed by atoms with van der Waals surface area (Å²) in [6.45, 7) is 0.634. The third kappa shape index (κ3) is 6.85. The Morgan fingerprint density at radius 1 is 1.03 bits per heavy atom. The first-order chi connectivity index (χ1) is 18.3. The Labute approximate surface area is 225 Å². The Morgan fingerprint density at radius 2 is 1.67 bits per heavy atom. The Morgan fingerprint density at radius 3 is 2.26 bits per heavy atom. The summed E-state index contributed by atoms with van der Waals surface area (Å²) >= 11 is 0. The zero-order valence-corrected chi connectivity index (χ0v) is 21.8. The summed E-state index contributed by atoms with van der Waals surface area (Å²) < 4.78 is 22.7. The number of amides is 1. The molecular formula is C22H43N5O12. The second-order valence-corrected chi connectivity index (χ2v) is 10.5. The van der Waals surface area contributed by atoms with E-state index in [1.54, 1.807) is 0 Å². The maximum absolute atomic E-state index is 12.4. The summed E-state index contributed by atoms with van der Waals surface area (Å²) in [5.41, 5.74) is 15.8. The van der Waals surface area contributed by atoms with Crippen molar-refractivity contribution in [2.24, 2.45) is 17.2 Å². The van der Waals surface area contributed by atoms with Crippen LogP contribution < -0.4 is 27.8 Å². The molecule has 15 atom stereocenters. The molecule has 1 amide bonds. The zero-order valence-electron chi connectivity index (χ0n) is 21.8. The van der Waals surface area contributed by atoms with Crippen LogP contribution in [0.2, 0.25) is 0 Å². The molecule has 0 aromatic heterocycles. The third-order valence-corrected chi connectivity index (χ3v) is 7.50. The van der Waals surface area contributed by atoms with Crippen LogP contribution in [0.5, 0.6) is 0 Å². The fourth-order valence-electron chi connectivity index (χ4n) is 5.22. The van der Waals surface area contributed by atoms with Crippen molar-refractivity contribution in [1.82, 2.24) is 10.6 Å². The number of aliphatic hydroxyl groups excluding tert-OH is 6. The van der Waals surface area contributed by atoms with Crippen LogP contribution in [0, 0.1) is 0 Å². The van der Waals surface area contributed by atoms with Gasteiger partial charge in [0.25, 0.3) is 0 Å². The SMILES string of the molecule is CNC1C(O)C(OC2C(NC(=O)[C@@H](O)CN)CC(N)C(OC3OC(CN)C(O)C(O)C3O)C2O)OCC1(C)O. The molecule has 3 aliphatic rings. The molecule has 0 aromatic rings. The van der Waals surface area contributed by atoms with E-state index >= 15 is 0 Å². The number of nitrogens with one attached hydrogen (secondary N) is 2. The van der Waals surface area contributed by atoms with Crippen molar-refractivity contribution in [2.45, 2.75) is 105 Å². The minimum Gasteiger partial charge on any atom is -0.388 e. The van der Waals surface area contributed by atoms with Gasteiger partial charge in [-0.2, -0.15) is 0 Å². The van der Waals surface area contributed by atoms with E-state index in [1.165, 1.54) is 14.0 Å². The van der Waals surface area contributed by atoms with Crippen LogP contribution in [-0.4, -0.2) is 160 Å². The van der Waals surface area contributed by atoms with Crippen molar-refractivity contribution in [2.75, 3.05) is 26.7 Å². The number of aliphatic hydroxyl groups is 7. The quantitative estimate of drug-likeness (QED) is 0.123. The number of rotatable bonds is 9. The maximum Gasteiger partial charge on any atom is 0.250 e. The Hall–Kier alpha value is -1.13. The summed E-state index contributed by atoms with van der Waals surface area (Å²) in [6.07, 6.45) is -16.3.